The fourth-order valence-electron chi connectivity index (χ4n) is 1.73. The zero-order valence-electron chi connectivity index (χ0n) is 9.40. The number of benzene rings is 1. The Morgan fingerprint density at radius 2 is 1.82 bits per heavy atom. The summed E-state index contributed by atoms with van der Waals surface area (Å²) in [7, 11) is 0. The van der Waals surface area contributed by atoms with Crippen LogP contribution in [-0.4, -0.2) is 11.9 Å². The molecule has 90 valence electrons. The quantitative estimate of drug-likeness (QED) is 0.745. The molecule has 0 saturated heterocycles. The predicted molar refractivity (Wildman–Crippen MR) is 65.6 cm³/mol. The smallest absolute Gasteiger partial charge is 0.316 e. The molecule has 5 nitrogen and oxygen atoms in total. The second kappa shape index (κ2) is 4.86. The standard InChI is InChI=1S/C12H15N3O2/c13-12(17)15-10-6-2-5-9(7-10)14-11(16)8-3-1-4-8/h2,5-8H,1,3-4H2,(H,14,16)(H3,13,15,17). The van der Waals surface area contributed by atoms with Gasteiger partial charge < -0.3 is 16.4 Å². The number of amides is 3. The summed E-state index contributed by atoms with van der Waals surface area (Å²) in [5, 5.41) is 5.29. The van der Waals surface area contributed by atoms with Crippen molar-refractivity contribution in [2.75, 3.05) is 10.6 Å². The molecule has 0 aliphatic heterocycles. The van der Waals surface area contributed by atoms with Gasteiger partial charge in [0.25, 0.3) is 0 Å². The Morgan fingerprint density at radius 3 is 2.35 bits per heavy atom. The largest absolute Gasteiger partial charge is 0.351 e. The lowest BCUT2D eigenvalue weighted by atomic mass is 9.85. The van der Waals surface area contributed by atoms with Crippen LogP contribution in [-0.2, 0) is 4.79 Å². The number of hydrogen-bond acceptors (Lipinski definition) is 2. The number of carbonyl (C=O) groups is 2. The fourth-order valence-corrected chi connectivity index (χ4v) is 1.73. The average Bonchev–Trinajstić information content (AvgIpc) is 2.13. The Labute approximate surface area is 99.4 Å². The molecule has 0 heterocycles. The summed E-state index contributed by atoms with van der Waals surface area (Å²) in [6, 6.07) is 6.31. The molecule has 0 radical (unpaired) electrons. The van der Waals surface area contributed by atoms with Crippen LogP contribution in [0.25, 0.3) is 0 Å². The molecule has 4 N–H and O–H groups in total. The van der Waals surface area contributed by atoms with Crippen LogP contribution in [0.15, 0.2) is 24.3 Å². The molecule has 2 rings (SSSR count). The van der Waals surface area contributed by atoms with Gasteiger partial charge in [0.15, 0.2) is 0 Å². The van der Waals surface area contributed by atoms with Crippen LogP contribution in [0.2, 0.25) is 0 Å². The molecule has 17 heavy (non-hydrogen) atoms. The van der Waals surface area contributed by atoms with Gasteiger partial charge >= 0.3 is 6.03 Å². The van der Waals surface area contributed by atoms with Gasteiger partial charge in [-0.2, -0.15) is 0 Å². The molecule has 0 unspecified atom stereocenters. The Hall–Kier alpha value is -2.04. The van der Waals surface area contributed by atoms with Crippen LogP contribution in [0, 0.1) is 5.92 Å². The van der Waals surface area contributed by atoms with Crippen LogP contribution >= 0.6 is 0 Å². The maximum Gasteiger partial charge on any atom is 0.316 e. The number of nitrogens with two attached hydrogens (primary N) is 1. The number of nitrogens with one attached hydrogen (secondary N) is 2. The molecule has 0 bridgehead atoms. The van der Waals surface area contributed by atoms with Crippen molar-refractivity contribution >= 4 is 23.3 Å². The highest BCUT2D eigenvalue weighted by atomic mass is 16.2. The topological polar surface area (TPSA) is 84.2 Å². The zero-order valence-corrected chi connectivity index (χ0v) is 9.40. The number of urea groups is 1. The monoisotopic (exact) mass is 233 g/mol. The van der Waals surface area contributed by atoms with E-state index in [4.69, 9.17) is 5.73 Å². The molecular weight excluding hydrogens is 218 g/mol. The molecular formula is C12H15N3O2. The summed E-state index contributed by atoms with van der Waals surface area (Å²) in [5.41, 5.74) is 6.26. The lowest BCUT2D eigenvalue weighted by Crippen LogP contribution is -2.28. The number of carbonyl (C=O) groups excluding carboxylic acids is 2. The first-order valence-electron chi connectivity index (χ1n) is 5.62. The maximum atomic E-state index is 11.7. The third-order valence-electron chi connectivity index (χ3n) is 2.87. The Morgan fingerprint density at radius 1 is 1.18 bits per heavy atom. The molecule has 5 heteroatoms. The predicted octanol–water partition coefficient (Wildman–Crippen LogP) is 1.92. The van der Waals surface area contributed by atoms with E-state index in [0.29, 0.717) is 11.4 Å². The fraction of sp³-hybridized carbons (Fsp3) is 0.333. The third-order valence-corrected chi connectivity index (χ3v) is 2.87. The van der Waals surface area contributed by atoms with Gasteiger partial charge in [0.05, 0.1) is 0 Å². The van der Waals surface area contributed by atoms with Crippen LogP contribution in [0.4, 0.5) is 16.2 Å². The van der Waals surface area contributed by atoms with Crippen LogP contribution in [0.1, 0.15) is 19.3 Å². The van der Waals surface area contributed by atoms with Gasteiger partial charge in [-0.05, 0) is 31.0 Å². The van der Waals surface area contributed by atoms with Crippen molar-refractivity contribution in [2.24, 2.45) is 11.7 Å². The van der Waals surface area contributed by atoms with Crippen molar-refractivity contribution < 1.29 is 9.59 Å². The van der Waals surface area contributed by atoms with Crippen LogP contribution in [0.5, 0.6) is 0 Å². The van der Waals surface area contributed by atoms with E-state index in [-0.39, 0.29) is 11.8 Å². The lowest BCUT2D eigenvalue weighted by Gasteiger charge is -2.24. The molecule has 1 aliphatic carbocycles. The highest BCUT2D eigenvalue weighted by molar-refractivity contribution is 5.94. The van der Waals surface area contributed by atoms with E-state index in [2.05, 4.69) is 10.6 Å². The molecule has 0 spiro atoms. The minimum Gasteiger partial charge on any atom is -0.351 e. The van der Waals surface area contributed by atoms with Crippen LogP contribution < -0.4 is 16.4 Å². The second-order valence-electron chi connectivity index (χ2n) is 4.19. The van der Waals surface area contributed by atoms with Crippen molar-refractivity contribution in [1.29, 1.82) is 0 Å². The van der Waals surface area contributed by atoms with Crippen LogP contribution in [0.3, 0.4) is 0 Å². The molecule has 3 amide bonds. The van der Waals surface area contributed by atoms with Crippen molar-refractivity contribution in [2.45, 2.75) is 19.3 Å². The van der Waals surface area contributed by atoms with Gasteiger partial charge in [0.2, 0.25) is 5.91 Å². The van der Waals surface area contributed by atoms with Gasteiger partial charge in [-0.3, -0.25) is 4.79 Å². The normalized spacial score (nSPS) is 14.8. The molecule has 1 aliphatic rings. The first kappa shape index (κ1) is 11.4. The Kier molecular flexibility index (Phi) is 3.27. The first-order chi connectivity index (χ1) is 8.15. The average molecular weight is 233 g/mol. The van der Waals surface area contributed by atoms with Gasteiger partial charge in [0, 0.05) is 17.3 Å². The summed E-state index contributed by atoms with van der Waals surface area (Å²) in [6.45, 7) is 0. The Bertz CT molecular complexity index is 441. The zero-order chi connectivity index (χ0) is 12.3. The number of primary amides is 1. The molecule has 1 fully saturated rings. The second-order valence-corrected chi connectivity index (χ2v) is 4.19. The van der Waals surface area contributed by atoms with Crippen molar-refractivity contribution in [1.82, 2.24) is 0 Å². The highest BCUT2D eigenvalue weighted by Gasteiger charge is 2.25. The van der Waals surface area contributed by atoms with Crippen molar-refractivity contribution in [3.8, 4) is 0 Å². The van der Waals surface area contributed by atoms with E-state index in [1.165, 1.54) is 0 Å². The van der Waals surface area contributed by atoms with Crippen molar-refractivity contribution in [3.05, 3.63) is 24.3 Å². The van der Waals surface area contributed by atoms with E-state index in [9.17, 15) is 9.59 Å². The maximum absolute atomic E-state index is 11.7. The Balaban J connectivity index is 2.00. The number of rotatable bonds is 3. The van der Waals surface area contributed by atoms with E-state index >= 15 is 0 Å². The van der Waals surface area contributed by atoms with Gasteiger partial charge in [-0.15, -0.1) is 0 Å². The highest BCUT2D eigenvalue weighted by Crippen LogP contribution is 2.27. The summed E-state index contributed by atoms with van der Waals surface area (Å²) < 4.78 is 0. The number of hydrogen-bond donors (Lipinski definition) is 3. The molecule has 0 atom stereocenters. The minimum atomic E-state index is -0.618. The SMILES string of the molecule is NC(=O)Nc1cccc(NC(=O)C2CCC2)c1. The van der Waals surface area contributed by atoms with E-state index in [0.717, 1.165) is 19.3 Å². The molecule has 0 aromatic heterocycles. The summed E-state index contributed by atoms with van der Waals surface area (Å²) in [6.07, 6.45) is 3.05. The van der Waals surface area contributed by atoms with E-state index in [1.807, 2.05) is 0 Å². The summed E-state index contributed by atoms with van der Waals surface area (Å²) >= 11 is 0. The first-order valence-corrected chi connectivity index (χ1v) is 5.62. The molecule has 1 aromatic carbocycles. The van der Waals surface area contributed by atoms with E-state index < -0.39 is 6.03 Å². The van der Waals surface area contributed by atoms with Gasteiger partial charge in [0.1, 0.15) is 0 Å². The molecule has 1 saturated carbocycles. The van der Waals surface area contributed by atoms with Gasteiger partial charge in [-0.1, -0.05) is 12.5 Å². The minimum absolute atomic E-state index is 0.0486. The molecule has 1 aromatic rings. The summed E-state index contributed by atoms with van der Waals surface area (Å²) in [5.74, 6) is 0.190. The van der Waals surface area contributed by atoms with E-state index in [1.54, 1.807) is 24.3 Å². The third kappa shape index (κ3) is 2.96. The number of anilines is 2. The van der Waals surface area contributed by atoms with Gasteiger partial charge in [-0.25, -0.2) is 4.79 Å². The lowest BCUT2D eigenvalue weighted by molar-refractivity contribution is -0.122. The summed E-state index contributed by atoms with van der Waals surface area (Å²) in [4.78, 5) is 22.4. The van der Waals surface area contributed by atoms with Crippen molar-refractivity contribution in [3.63, 3.8) is 0 Å².